The Morgan fingerprint density at radius 2 is 1.67 bits per heavy atom. The summed E-state index contributed by atoms with van der Waals surface area (Å²) in [4.78, 5) is 32.3. The van der Waals surface area contributed by atoms with E-state index in [1.54, 1.807) is 28.9 Å². The summed E-state index contributed by atoms with van der Waals surface area (Å²) in [6.07, 6.45) is 2.93. The Hall–Kier alpha value is -2.91. The highest BCUT2D eigenvalue weighted by Crippen LogP contribution is 2.46. The van der Waals surface area contributed by atoms with Crippen LogP contribution in [0, 0.1) is 0 Å². The van der Waals surface area contributed by atoms with Crippen molar-refractivity contribution in [2.24, 2.45) is 0 Å². The van der Waals surface area contributed by atoms with Gasteiger partial charge in [-0.05, 0) is 51.9 Å². The van der Waals surface area contributed by atoms with Crippen molar-refractivity contribution in [3.05, 3.63) is 117 Å². The quantitative estimate of drug-likeness (QED) is 0.180. The molecule has 0 bridgehead atoms. The number of ether oxygens (including phenoxy) is 1. The highest BCUT2D eigenvalue weighted by atomic mass is 127. The second-order valence-electron chi connectivity index (χ2n) is 7.55. The Morgan fingerprint density at radius 1 is 1.03 bits per heavy atom. The Morgan fingerprint density at radius 3 is 2.27 bits per heavy atom. The van der Waals surface area contributed by atoms with E-state index in [0.717, 1.165) is 20.4 Å². The van der Waals surface area contributed by atoms with E-state index in [1.165, 1.54) is 0 Å². The zero-order valence-corrected chi connectivity index (χ0v) is 20.4. The third kappa shape index (κ3) is 4.35. The zero-order chi connectivity index (χ0) is 22.8. The van der Waals surface area contributed by atoms with Crippen molar-refractivity contribution in [3.8, 4) is 0 Å². The fourth-order valence-corrected chi connectivity index (χ4v) is 6.03. The third-order valence-electron chi connectivity index (χ3n) is 5.45. The maximum atomic E-state index is 13.4. The number of carbonyl (C=O) groups is 2. The van der Waals surface area contributed by atoms with E-state index in [1.807, 2.05) is 78.9 Å². The van der Waals surface area contributed by atoms with Crippen molar-refractivity contribution < 1.29 is 14.3 Å². The van der Waals surface area contributed by atoms with Crippen LogP contribution in [0.1, 0.15) is 22.9 Å². The number of nitrogens with zero attached hydrogens (tertiary/aromatic N) is 2. The second-order valence-corrected chi connectivity index (χ2v) is 9.92. The van der Waals surface area contributed by atoms with Gasteiger partial charge in [0.1, 0.15) is 11.1 Å². The highest BCUT2D eigenvalue weighted by Gasteiger charge is 2.50. The summed E-state index contributed by atoms with van der Waals surface area (Å²) >= 11 is 3.76. The van der Waals surface area contributed by atoms with Crippen LogP contribution in [0.25, 0.3) is 6.08 Å². The number of halogens is 1. The van der Waals surface area contributed by atoms with Gasteiger partial charge in [-0.25, -0.2) is 4.79 Å². The van der Waals surface area contributed by atoms with E-state index in [-0.39, 0.29) is 11.3 Å². The van der Waals surface area contributed by atoms with Crippen molar-refractivity contribution in [1.82, 2.24) is 9.88 Å². The number of thioether (sulfide) groups is 1. The number of hydrogen-bond donors (Lipinski definition) is 0. The van der Waals surface area contributed by atoms with Crippen LogP contribution < -0.4 is 0 Å². The molecule has 3 heterocycles. The highest BCUT2D eigenvalue weighted by molar-refractivity contribution is 14.1. The fourth-order valence-electron chi connectivity index (χ4n) is 3.87. The first kappa shape index (κ1) is 21.9. The fraction of sp³-hybridized carbons (Fsp3) is 0.115. The number of benzene rings is 2. The van der Waals surface area contributed by atoms with Gasteiger partial charge in [-0.3, -0.25) is 14.7 Å². The molecule has 0 aliphatic carbocycles. The number of amides is 1. The van der Waals surface area contributed by atoms with Gasteiger partial charge in [0, 0.05) is 15.5 Å². The number of rotatable bonds is 5. The van der Waals surface area contributed by atoms with Crippen LogP contribution in [0.4, 0.5) is 0 Å². The average molecular weight is 566 g/mol. The Balaban J connectivity index is 1.43. The first-order valence-corrected chi connectivity index (χ1v) is 12.5. The van der Waals surface area contributed by atoms with Gasteiger partial charge in [0.2, 0.25) is 0 Å². The molecular weight excluding hydrogens is 547 g/mol. The minimum absolute atomic E-state index is 0.185. The summed E-state index contributed by atoms with van der Waals surface area (Å²) in [6, 6.07) is 24.9. The molecule has 2 aromatic carbocycles. The number of fused-ring (bicyclic) bond motifs is 1. The van der Waals surface area contributed by atoms with Gasteiger partial charge in [0.05, 0.1) is 11.3 Å². The standard InChI is InChI=1S/C26H19IN2O3S/c27-21-16-33-25-20(15-19-13-7-8-14-28-19)24(30)29(25)22(21)26(31)32-23(17-9-3-1-4-10-17)18-11-5-2-6-12-18/h1-15,23,25H,16H2/b20-15+. The summed E-state index contributed by atoms with van der Waals surface area (Å²) in [5.74, 6) is -0.0389. The van der Waals surface area contributed by atoms with Crippen molar-refractivity contribution >= 4 is 52.3 Å². The summed E-state index contributed by atoms with van der Waals surface area (Å²) < 4.78 is 6.86. The van der Waals surface area contributed by atoms with Crippen LogP contribution in [0.5, 0.6) is 0 Å². The molecule has 7 heteroatoms. The minimum atomic E-state index is -0.565. The lowest BCUT2D eigenvalue weighted by molar-refractivity contribution is -0.148. The van der Waals surface area contributed by atoms with Crippen LogP contribution in [0.2, 0.25) is 0 Å². The molecule has 5 nitrogen and oxygen atoms in total. The average Bonchev–Trinajstić information content (AvgIpc) is 2.87. The maximum Gasteiger partial charge on any atom is 0.356 e. The molecule has 0 spiro atoms. The molecule has 1 amide bonds. The molecule has 2 aliphatic rings. The topological polar surface area (TPSA) is 59.5 Å². The van der Waals surface area contributed by atoms with E-state index in [2.05, 4.69) is 27.6 Å². The van der Waals surface area contributed by atoms with Crippen molar-refractivity contribution in [2.75, 3.05) is 5.75 Å². The van der Waals surface area contributed by atoms with E-state index >= 15 is 0 Å². The van der Waals surface area contributed by atoms with Gasteiger partial charge in [0.25, 0.3) is 5.91 Å². The normalized spacial score (nSPS) is 18.8. The first-order valence-electron chi connectivity index (χ1n) is 10.4. The summed E-state index contributed by atoms with van der Waals surface area (Å²) in [5.41, 5.74) is 3.46. The van der Waals surface area contributed by atoms with E-state index in [4.69, 9.17) is 4.74 Å². The van der Waals surface area contributed by atoms with Crippen LogP contribution in [0.3, 0.4) is 0 Å². The monoisotopic (exact) mass is 566 g/mol. The van der Waals surface area contributed by atoms with Gasteiger partial charge >= 0.3 is 5.97 Å². The molecule has 1 atom stereocenters. The first-order chi connectivity index (χ1) is 16.1. The van der Waals surface area contributed by atoms with Crippen molar-refractivity contribution in [2.45, 2.75) is 11.5 Å². The molecule has 0 N–H and O–H groups in total. The lowest BCUT2D eigenvalue weighted by Crippen LogP contribution is -2.56. The molecule has 1 saturated heterocycles. The predicted octanol–water partition coefficient (Wildman–Crippen LogP) is 5.36. The number of β-lactam (4-membered cyclic amide) rings is 1. The number of aromatic nitrogens is 1. The van der Waals surface area contributed by atoms with Crippen molar-refractivity contribution in [1.29, 1.82) is 0 Å². The van der Waals surface area contributed by atoms with Crippen molar-refractivity contribution in [3.63, 3.8) is 0 Å². The summed E-state index contributed by atoms with van der Waals surface area (Å²) in [7, 11) is 0. The molecule has 0 radical (unpaired) electrons. The Bertz CT molecular complexity index is 1210. The summed E-state index contributed by atoms with van der Waals surface area (Å²) in [5, 5.41) is -0.215. The molecule has 5 rings (SSSR count). The second kappa shape index (κ2) is 9.52. The zero-order valence-electron chi connectivity index (χ0n) is 17.4. The largest absolute Gasteiger partial charge is 0.448 e. The smallest absolute Gasteiger partial charge is 0.356 e. The minimum Gasteiger partial charge on any atom is -0.448 e. The molecule has 1 unspecified atom stereocenters. The Kier molecular flexibility index (Phi) is 6.32. The van der Waals surface area contributed by atoms with Crippen LogP contribution in [0.15, 0.2) is 99.9 Å². The third-order valence-corrected chi connectivity index (χ3v) is 8.09. The maximum absolute atomic E-state index is 13.4. The molecule has 2 aliphatic heterocycles. The van der Waals surface area contributed by atoms with Gasteiger partial charge in [0.15, 0.2) is 6.10 Å². The lowest BCUT2D eigenvalue weighted by Gasteiger charge is -2.45. The van der Waals surface area contributed by atoms with E-state index in [9.17, 15) is 9.59 Å². The molecule has 3 aromatic rings. The van der Waals surface area contributed by atoms with Crippen LogP contribution in [-0.4, -0.2) is 32.9 Å². The number of hydrogen-bond acceptors (Lipinski definition) is 5. The lowest BCUT2D eigenvalue weighted by atomic mass is 10.0. The Labute approximate surface area is 209 Å². The molecule has 1 fully saturated rings. The summed E-state index contributed by atoms with van der Waals surface area (Å²) in [6.45, 7) is 0. The molecule has 33 heavy (non-hydrogen) atoms. The molecule has 1 aromatic heterocycles. The molecular formula is C26H19IN2O3S. The van der Waals surface area contributed by atoms with E-state index < -0.39 is 12.1 Å². The molecule has 164 valence electrons. The van der Waals surface area contributed by atoms with Gasteiger partial charge < -0.3 is 4.74 Å². The number of carbonyl (C=O) groups excluding carboxylic acids is 2. The number of pyridine rings is 1. The van der Waals surface area contributed by atoms with Crippen LogP contribution >= 0.6 is 34.4 Å². The SMILES string of the molecule is O=C(OC(c1ccccc1)c1ccccc1)C1=C(I)CSC2/C(=C/c3ccccn3)C(=O)N12. The van der Waals surface area contributed by atoms with Gasteiger partial charge in [-0.2, -0.15) is 0 Å². The van der Waals surface area contributed by atoms with Gasteiger partial charge in [-0.1, -0.05) is 66.7 Å². The van der Waals surface area contributed by atoms with Crippen LogP contribution in [-0.2, 0) is 14.3 Å². The van der Waals surface area contributed by atoms with Gasteiger partial charge in [-0.15, -0.1) is 11.8 Å². The number of esters is 1. The van der Waals surface area contributed by atoms with E-state index in [0.29, 0.717) is 17.0 Å². The predicted molar refractivity (Wildman–Crippen MR) is 137 cm³/mol. The molecule has 0 saturated carbocycles.